The second-order valence-electron chi connectivity index (χ2n) is 7.83. The molecule has 5 nitrogen and oxygen atoms in total. The minimum absolute atomic E-state index is 0.0640. The van der Waals surface area contributed by atoms with E-state index < -0.39 is 0 Å². The van der Waals surface area contributed by atoms with Crippen molar-refractivity contribution in [3.63, 3.8) is 0 Å². The molecule has 0 saturated carbocycles. The molecule has 0 spiro atoms. The lowest BCUT2D eigenvalue weighted by Crippen LogP contribution is -2.26. The first-order valence-electron chi connectivity index (χ1n) is 9.76. The largest absolute Gasteiger partial charge is 0.352 e. The zero-order valence-electron chi connectivity index (χ0n) is 17.2. The first kappa shape index (κ1) is 20.3. The number of carbonyl (C=O) groups is 1. The number of nitrogens with zero attached hydrogens (tertiary/aromatic N) is 3. The number of amides is 1. The highest BCUT2D eigenvalue weighted by atomic mass is 32.1. The van der Waals surface area contributed by atoms with Gasteiger partial charge in [-0.1, -0.05) is 57.5 Å². The van der Waals surface area contributed by atoms with Crippen LogP contribution in [-0.2, 0) is 0 Å². The number of carbonyl (C=O) groups excluding carboxylic acids is 1. The SMILES string of the molecule is Cc1ccc(-c2csc(-n3ncc(C(=O)NCCC(C)C)c3C(C)C)n2)cc1. The number of aromatic nitrogens is 3. The van der Waals surface area contributed by atoms with Crippen LogP contribution in [0, 0.1) is 12.8 Å². The van der Waals surface area contributed by atoms with E-state index in [0.29, 0.717) is 18.0 Å². The molecule has 0 fully saturated rings. The van der Waals surface area contributed by atoms with Crippen LogP contribution in [0.2, 0.25) is 0 Å². The Balaban J connectivity index is 1.87. The molecule has 0 saturated heterocycles. The number of benzene rings is 1. The summed E-state index contributed by atoms with van der Waals surface area (Å²) < 4.78 is 1.81. The lowest BCUT2D eigenvalue weighted by Gasteiger charge is -2.11. The van der Waals surface area contributed by atoms with Gasteiger partial charge in [0.1, 0.15) is 0 Å². The zero-order chi connectivity index (χ0) is 20.3. The lowest BCUT2D eigenvalue weighted by atomic mass is 10.1. The molecule has 148 valence electrons. The van der Waals surface area contributed by atoms with Crippen LogP contribution in [0.15, 0.2) is 35.8 Å². The van der Waals surface area contributed by atoms with Gasteiger partial charge in [0.25, 0.3) is 5.91 Å². The van der Waals surface area contributed by atoms with Gasteiger partial charge in [0.05, 0.1) is 23.1 Å². The normalized spacial score (nSPS) is 11.4. The minimum atomic E-state index is -0.0640. The first-order chi connectivity index (χ1) is 13.4. The van der Waals surface area contributed by atoms with Gasteiger partial charge in [-0.05, 0) is 25.2 Å². The Morgan fingerprint density at radius 1 is 1.18 bits per heavy atom. The molecule has 1 N–H and O–H groups in total. The summed E-state index contributed by atoms with van der Waals surface area (Å²) >= 11 is 1.54. The fourth-order valence-electron chi connectivity index (χ4n) is 3.03. The smallest absolute Gasteiger partial charge is 0.254 e. The molecule has 0 unspecified atom stereocenters. The van der Waals surface area contributed by atoms with E-state index in [1.165, 1.54) is 16.9 Å². The molecule has 6 heteroatoms. The Bertz CT molecular complexity index is 938. The molecule has 28 heavy (non-hydrogen) atoms. The fraction of sp³-hybridized carbons (Fsp3) is 0.409. The van der Waals surface area contributed by atoms with Gasteiger partial charge >= 0.3 is 0 Å². The van der Waals surface area contributed by atoms with E-state index in [9.17, 15) is 4.79 Å². The van der Waals surface area contributed by atoms with Crippen LogP contribution in [-0.4, -0.2) is 27.2 Å². The maximum atomic E-state index is 12.7. The van der Waals surface area contributed by atoms with Crippen LogP contribution in [0.1, 0.15) is 61.6 Å². The molecule has 0 aliphatic rings. The van der Waals surface area contributed by atoms with Gasteiger partial charge in [0.2, 0.25) is 5.13 Å². The summed E-state index contributed by atoms with van der Waals surface area (Å²) in [6.07, 6.45) is 2.62. The van der Waals surface area contributed by atoms with Crippen LogP contribution in [0.3, 0.4) is 0 Å². The van der Waals surface area contributed by atoms with Gasteiger partial charge < -0.3 is 5.32 Å². The van der Waals surface area contributed by atoms with Gasteiger partial charge in [0.15, 0.2) is 0 Å². The van der Waals surface area contributed by atoms with E-state index in [1.807, 2.05) is 10.1 Å². The zero-order valence-corrected chi connectivity index (χ0v) is 18.0. The molecule has 3 aromatic rings. The summed E-state index contributed by atoms with van der Waals surface area (Å²) in [7, 11) is 0. The third-order valence-corrected chi connectivity index (χ3v) is 5.44. The summed E-state index contributed by atoms with van der Waals surface area (Å²) in [6, 6.07) is 8.32. The van der Waals surface area contributed by atoms with Crippen molar-refractivity contribution in [1.82, 2.24) is 20.1 Å². The summed E-state index contributed by atoms with van der Waals surface area (Å²) in [5.41, 5.74) is 4.75. The molecule has 0 aliphatic carbocycles. The fourth-order valence-corrected chi connectivity index (χ4v) is 3.83. The predicted molar refractivity (Wildman–Crippen MR) is 115 cm³/mol. The Labute approximate surface area is 170 Å². The molecule has 2 heterocycles. The number of hydrogen-bond acceptors (Lipinski definition) is 4. The Kier molecular flexibility index (Phi) is 6.29. The number of thiazole rings is 1. The highest BCUT2D eigenvalue weighted by molar-refractivity contribution is 7.12. The van der Waals surface area contributed by atoms with E-state index in [2.05, 4.69) is 69.3 Å². The van der Waals surface area contributed by atoms with Crippen molar-refractivity contribution in [2.75, 3.05) is 6.54 Å². The summed E-state index contributed by atoms with van der Waals surface area (Å²) in [5, 5.41) is 10.3. The van der Waals surface area contributed by atoms with Crippen LogP contribution in [0.25, 0.3) is 16.4 Å². The van der Waals surface area contributed by atoms with Crippen molar-refractivity contribution in [2.45, 2.75) is 47.0 Å². The summed E-state index contributed by atoms with van der Waals surface area (Å²) in [6.45, 7) is 11.2. The van der Waals surface area contributed by atoms with Crippen molar-refractivity contribution in [2.24, 2.45) is 5.92 Å². The molecular weight excluding hydrogens is 368 g/mol. The third-order valence-electron chi connectivity index (χ3n) is 4.63. The second kappa shape index (κ2) is 8.69. The first-order valence-corrected chi connectivity index (χ1v) is 10.6. The van der Waals surface area contributed by atoms with Crippen molar-refractivity contribution in [3.8, 4) is 16.4 Å². The van der Waals surface area contributed by atoms with Gasteiger partial charge in [0, 0.05) is 17.5 Å². The quantitative estimate of drug-likeness (QED) is 0.597. The molecule has 0 radical (unpaired) electrons. The van der Waals surface area contributed by atoms with Crippen molar-refractivity contribution in [3.05, 3.63) is 52.7 Å². The highest BCUT2D eigenvalue weighted by Crippen LogP contribution is 2.28. The average Bonchev–Trinajstić information content (AvgIpc) is 3.29. The molecule has 3 rings (SSSR count). The van der Waals surface area contributed by atoms with Crippen LogP contribution >= 0.6 is 11.3 Å². The van der Waals surface area contributed by atoms with E-state index in [-0.39, 0.29) is 11.8 Å². The standard InChI is InChI=1S/C22H28N4OS/c1-14(2)10-11-23-21(27)18-12-24-26(20(18)15(3)4)22-25-19(13-28-22)17-8-6-16(5)7-9-17/h6-9,12-15H,10-11H2,1-5H3,(H,23,27). The molecule has 1 aromatic carbocycles. The molecular formula is C22H28N4OS. The van der Waals surface area contributed by atoms with Gasteiger partial charge in [-0.15, -0.1) is 11.3 Å². The average molecular weight is 397 g/mol. The van der Waals surface area contributed by atoms with Crippen molar-refractivity contribution in [1.29, 1.82) is 0 Å². The van der Waals surface area contributed by atoms with Gasteiger partial charge in [-0.3, -0.25) is 4.79 Å². The van der Waals surface area contributed by atoms with Gasteiger partial charge in [-0.2, -0.15) is 5.10 Å². The molecule has 0 aliphatic heterocycles. The summed E-state index contributed by atoms with van der Waals surface area (Å²) in [5.74, 6) is 0.647. The topological polar surface area (TPSA) is 59.8 Å². The monoisotopic (exact) mass is 396 g/mol. The van der Waals surface area contributed by atoms with E-state index in [1.54, 1.807) is 6.20 Å². The highest BCUT2D eigenvalue weighted by Gasteiger charge is 2.22. The Hall–Kier alpha value is -2.47. The maximum Gasteiger partial charge on any atom is 0.254 e. The molecule has 2 aromatic heterocycles. The number of rotatable bonds is 7. The van der Waals surface area contributed by atoms with Crippen LogP contribution < -0.4 is 5.32 Å². The van der Waals surface area contributed by atoms with Crippen LogP contribution in [0.5, 0.6) is 0 Å². The maximum absolute atomic E-state index is 12.7. The Morgan fingerprint density at radius 3 is 2.54 bits per heavy atom. The molecule has 1 amide bonds. The van der Waals surface area contributed by atoms with Crippen molar-refractivity contribution >= 4 is 17.2 Å². The minimum Gasteiger partial charge on any atom is -0.352 e. The number of aryl methyl sites for hydroxylation is 1. The number of hydrogen-bond donors (Lipinski definition) is 1. The third kappa shape index (κ3) is 4.50. The molecule has 0 atom stereocenters. The lowest BCUT2D eigenvalue weighted by molar-refractivity contribution is 0.0950. The molecule has 0 bridgehead atoms. The van der Waals surface area contributed by atoms with Crippen LogP contribution in [0.4, 0.5) is 0 Å². The van der Waals surface area contributed by atoms with E-state index in [0.717, 1.165) is 28.5 Å². The van der Waals surface area contributed by atoms with E-state index >= 15 is 0 Å². The van der Waals surface area contributed by atoms with E-state index in [4.69, 9.17) is 4.98 Å². The van der Waals surface area contributed by atoms with Gasteiger partial charge in [-0.25, -0.2) is 9.67 Å². The Morgan fingerprint density at radius 2 is 1.89 bits per heavy atom. The summed E-state index contributed by atoms with van der Waals surface area (Å²) in [4.78, 5) is 17.4. The number of nitrogens with one attached hydrogen (secondary N) is 1. The predicted octanol–water partition coefficient (Wildman–Crippen LogP) is 5.20. The van der Waals surface area contributed by atoms with Crippen molar-refractivity contribution < 1.29 is 4.79 Å². The second-order valence-corrected chi connectivity index (χ2v) is 8.67.